The molecule has 2 N–H and O–H groups in total. The molecule has 1 unspecified atom stereocenters. The number of hydrogen-bond acceptors (Lipinski definition) is 4. The molecule has 132 valence electrons. The van der Waals surface area contributed by atoms with E-state index >= 15 is 0 Å². The number of benzene rings is 2. The Hall–Kier alpha value is -2.35. The Morgan fingerprint density at radius 3 is 2.68 bits per heavy atom. The molecule has 0 radical (unpaired) electrons. The second-order valence-corrected chi connectivity index (χ2v) is 6.79. The third-order valence-electron chi connectivity index (χ3n) is 3.94. The number of likely N-dealkylation sites (N-methyl/N-ethyl adjacent to an activating group) is 1. The fourth-order valence-corrected chi connectivity index (χ4v) is 3.34. The number of nitrogens with one attached hydrogen (secondary N) is 1. The quantitative estimate of drug-likeness (QED) is 0.804. The minimum absolute atomic E-state index is 0.0389. The van der Waals surface area contributed by atoms with Gasteiger partial charge in [-0.15, -0.1) is 0 Å². The number of carbonyl (C=O) groups excluding carboxylic acids is 1. The molecule has 0 spiro atoms. The van der Waals surface area contributed by atoms with Gasteiger partial charge in [0.25, 0.3) is 0 Å². The lowest BCUT2D eigenvalue weighted by atomic mass is 10.1. The second kappa shape index (κ2) is 6.51. The average Bonchev–Trinajstić information content (AvgIpc) is 2.98. The first-order valence-electron chi connectivity index (χ1n) is 7.45. The molecule has 3 rings (SSSR count). The molecule has 0 aliphatic carbocycles. The van der Waals surface area contributed by atoms with Crippen molar-refractivity contribution >= 4 is 29.0 Å². The van der Waals surface area contributed by atoms with Crippen molar-refractivity contribution in [3.63, 3.8) is 0 Å². The lowest BCUT2D eigenvalue weighted by Gasteiger charge is -2.23. The van der Waals surface area contributed by atoms with E-state index in [0.717, 1.165) is 23.4 Å². The molecule has 0 bridgehead atoms. The van der Waals surface area contributed by atoms with Crippen LogP contribution in [-0.2, 0) is 11.2 Å². The number of halogens is 3. The number of aromatic hydroxyl groups is 1. The SMILES string of the molecule is CN(C(=O)C1Cc2ccccc2N1)c1cc(SC(F)(F)F)ccc1O. The highest BCUT2D eigenvalue weighted by atomic mass is 32.2. The maximum absolute atomic E-state index is 12.7. The fourth-order valence-electron chi connectivity index (χ4n) is 2.77. The third-order valence-corrected chi connectivity index (χ3v) is 4.66. The zero-order valence-electron chi connectivity index (χ0n) is 13.2. The zero-order valence-corrected chi connectivity index (χ0v) is 14.0. The van der Waals surface area contributed by atoms with Crippen molar-refractivity contribution in [2.75, 3.05) is 17.3 Å². The van der Waals surface area contributed by atoms with Crippen molar-refractivity contribution in [2.45, 2.75) is 22.9 Å². The molecule has 8 heteroatoms. The van der Waals surface area contributed by atoms with Gasteiger partial charge in [-0.3, -0.25) is 4.79 Å². The van der Waals surface area contributed by atoms with Gasteiger partial charge in [-0.25, -0.2) is 0 Å². The predicted octanol–water partition coefficient (Wildman–Crippen LogP) is 4.00. The summed E-state index contributed by atoms with van der Waals surface area (Å²) in [6, 6.07) is 10.5. The van der Waals surface area contributed by atoms with Crippen LogP contribution in [0.15, 0.2) is 47.4 Å². The van der Waals surface area contributed by atoms with Crippen molar-refractivity contribution in [1.82, 2.24) is 0 Å². The Balaban J connectivity index is 1.80. The summed E-state index contributed by atoms with van der Waals surface area (Å²) in [5.41, 5.74) is -2.54. The van der Waals surface area contributed by atoms with Crippen molar-refractivity contribution in [1.29, 1.82) is 0 Å². The highest BCUT2D eigenvalue weighted by Crippen LogP contribution is 2.40. The van der Waals surface area contributed by atoms with Gasteiger partial charge in [0, 0.05) is 24.1 Å². The number of rotatable bonds is 3. The molecular formula is C17H15F3N2O2S. The monoisotopic (exact) mass is 368 g/mol. The normalized spacial score (nSPS) is 16.2. The Morgan fingerprint density at radius 2 is 2.00 bits per heavy atom. The highest BCUT2D eigenvalue weighted by Gasteiger charge is 2.32. The standard InChI is InChI=1S/C17H15F3N2O2S/c1-22(14-9-11(6-7-15(14)23)25-17(18,19)20)16(24)13-8-10-4-2-3-5-12(10)21-13/h2-7,9,13,21,23H,8H2,1H3. The summed E-state index contributed by atoms with van der Waals surface area (Å²) < 4.78 is 37.6. The first-order chi connectivity index (χ1) is 11.7. The molecule has 2 aromatic carbocycles. The molecule has 4 nitrogen and oxygen atoms in total. The number of anilines is 2. The molecule has 25 heavy (non-hydrogen) atoms. The van der Waals surface area contributed by atoms with Crippen LogP contribution in [0.1, 0.15) is 5.56 Å². The number of carbonyl (C=O) groups is 1. The Morgan fingerprint density at radius 1 is 1.28 bits per heavy atom. The van der Waals surface area contributed by atoms with Crippen LogP contribution in [0.3, 0.4) is 0 Å². The van der Waals surface area contributed by atoms with Crippen molar-refractivity contribution in [3.05, 3.63) is 48.0 Å². The van der Waals surface area contributed by atoms with E-state index in [9.17, 15) is 23.1 Å². The molecular weight excluding hydrogens is 353 g/mol. The van der Waals surface area contributed by atoms with Crippen LogP contribution in [0.25, 0.3) is 0 Å². The maximum Gasteiger partial charge on any atom is 0.446 e. The summed E-state index contributed by atoms with van der Waals surface area (Å²) in [5, 5.41) is 13.1. The highest BCUT2D eigenvalue weighted by molar-refractivity contribution is 8.00. The van der Waals surface area contributed by atoms with Gasteiger partial charge in [-0.2, -0.15) is 13.2 Å². The Kier molecular flexibility index (Phi) is 4.55. The second-order valence-electron chi connectivity index (χ2n) is 5.65. The minimum Gasteiger partial charge on any atom is -0.506 e. The summed E-state index contributed by atoms with van der Waals surface area (Å²) in [4.78, 5) is 13.8. The molecule has 0 saturated heterocycles. The lowest BCUT2D eigenvalue weighted by molar-refractivity contribution is -0.118. The number of nitrogens with zero attached hydrogens (tertiary/aromatic N) is 1. The summed E-state index contributed by atoms with van der Waals surface area (Å²) in [6.07, 6.45) is 0.483. The number of thioether (sulfide) groups is 1. The van der Waals surface area contributed by atoms with E-state index in [1.165, 1.54) is 18.0 Å². The van der Waals surface area contributed by atoms with Crippen molar-refractivity contribution in [3.8, 4) is 5.75 Å². The number of phenolic OH excluding ortho intramolecular Hbond substituents is 1. The fraction of sp³-hybridized carbons (Fsp3) is 0.235. The maximum atomic E-state index is 12.7. The van der Waals surface area contributed by atoms with Crippen LogP contribution in [0, 0.1) is 0 Å². The van der Waals surface area contributed by atoms with Gasteiger partial charge >= 0.3 is 5.51 Å². The number of alkyl halides is 3. The molecule has 1 aliphatic rings. The smallest absolute Gasteiger partial charge is 0.446 e. The number of fused-ring (bicyclic) bond motifs is 1. The van der Waals surface area contributed by atoms with Crippen LogP contribution in [0.5, 0.6) is 5.75 Å². The average molecular weight is 368 g/mol. The number of para-hydroxylation sites is 1. The van der Waals surface area contributed by atoms with Crippen molar-refractivity contribution < 1.29 is 23.1 Å². The summed E-state index contributed by atoms with van der Waals surface area (Å²) in [5.74, 6) is -0.585. The molecule has 2 aromatic rings. The molecule has 1 aliphatic heterocycles. The molecule has 0 saturated carbocycles. The largest absolute Gasteiger partial charge is 0.506 e. The molecule has 0 fully saturated rings. The first-order valence-corrected chi connectivity index (χ1v) is 8.27. The van der Waals surface area contributed by atoms with E-state index in [1.807, 2.05) is 24.3 Å². The van der Waals surface area contributed by atoms with E-state index in [1.54, 1.807) is 0 Å². The zero-order chi connectivity index (χ0) is 18.2. The summed E-state index contributed by atoms with van der Waals surface area (Å²) >= 11 is -0.290. The first kappa shape index (κ1) is 17.5. The van der Waals surface area contributed by atoms with Gasteiger partial charge in [-0.1, -0.05) is 18.2 Å². The van der Waals surface area contributed by atoms with Gasteiger partial charge < -0.3 is 15.3 Å². The minimum atomic E-state index is -4.44. The molecule has 1 atom stereocenters. The van der Waals surface area contributed by atoms with Crippen LogP contribution in [0.2, 0.25) is 0 Å². The summed E-state index contributed by atoms with van der Waals surface area (Å²) in [6.45, 7) is 0. The molecule has 1 heterocycles. The van der Waals surface area contributed by atoms with Gasteiger partial charge in [0.2, 0.25) is 5.91 Å². The molecule has 0 aromatic heterocycles. The topological polar surface area (TPSA) is 52.6 Å². The predicted molar refractivity (Wildman–Crippen MR) is 91.0 cm³/mol. The molecule has 1 amide bonds. The van der Waals surface area contributed by atoms with Gasteiger partial charge in [0.05, 0.1) is 5.69 Å². The van der Waals surface area contributed by atoms with Gasteiger partial charge in [0.15, 0.2) is 0 Å². The van der Waals surface area contributed by atoms with E-state index in [-0.39, 0.29) is 34.0 Å². The lowest BCUT2D eigenvalue weighted by Crippen LogP contribution is -2.40. The Bertz CT molecular complexity index is 786. The Labute approximate surface area is 146 Å². The van der Waals surface area contributed by atoms with Crippen LogP contribution < -0.4 is 10.2 Å². The number of phenols is 1. The van der Waals surface area contributed by atoms with Crippen LogP contribution in [0.4, 0.5) is 24.5 Å². The van der Waals surface area contributed by atoms with Crippen LogP contribution in [-0.4, -0.2) is 29.6 Å². The number of hydrogen-bond donors (Lipinski definition) is 2. The van der Waals surface area contributed by atoms with Gasteiger partial charge in [-0.05, 0) is 41.6 Å². The summed E-state index contributed by atoms with van der Waals surface area (Å²) in [7, 11) is 1.43. The van der Waals surface area contributed by atoms with E-state index in [2.05, 4.69) is 5.32 Å². The number of amides is 1. The van der Waals surface area contributed by atoms with Crippen LogP contribution >= 0.6 is 11.8 Å². The third kappa shape index (κ3) is 3.84. The van der Waals surface area contributed by atoms with E-state index in [4.69, 9.17) is 0 Å². The van der Waals surface area contributed by atoms with Crippen molar-refractivity contribution in [2.24, 2.45) is 0 Å². The van der Waals surface area contributed by atoms with E-state index in [0.29, 0.717) is 6.42 Å². The van der Waals surface area contributed by atoms with Gasteiger partial charge in [0.1, 0.15) is 11.8 Å². The van der Waals surface area contributed by atoms with E-state index < -0.39 is 11.6 Å².